The van der Waals surface area contributed by atoms with E-state index in [9.17, 15) is 0 Å². The fourth-order valence-electron chi connectivity index (χ4n) is 1.06. The number of rotatable bonds is 1. The summed E-state index contributed by atoms with van der Waals surface area (Å²) >= 11 is 3.43. The lowest BCUT2D eigenvalue weighted by Crippen LogP contribution is -2.47. The van der Waals surface area contributed by atoms with Gasteiger partial charge in [-0.05, 0) is 22.0 Å². The molecule has 4 nitrogen and oxygen atoms in total. The topological polar surface area (TPSA) is 57.8 Å². The van der Waals surface area contributed by atoms with Crippen LogP contribution in [0.3, 0.4) is 0 Å². The lowest BCUT2D eigenvalue weighted by atomic mass is 10.5. The highest BCUT2D eigenvalue weighted by atomic mass is 79.9. The van der Waals surface area contributed by atoms with Crippen LogP contribution < -0.4 is 5.73 Å². The van der Waals surface area contributed by atoms with Crippen LogP contribution in [0, 0.1) is 0 Å². The summed E-state index contributed by atoms with van der Waals surface area (Å²) in [6, 6.07) is 1.87. The van der Waals surface area contributed by atoms with E-state index in [0.717, 1.165) is 10.3 Å². The fraction of sp³-hybridized carbons (Fsp3) is 0.143. The highest BCUT2D eigenvalue weighted by molar-refractivity contribution is 9.10. The van der Waals surface area contributed by atoms with Crippen LogP contribution in [0.4, 0.5) is 0 Å². The number of aromatic nitrogens is 3. The zero-order valence-electron chi connectivity index (χ0n) is 6.37. The second-order valence-electron chi connectivity index (χ2n) is 2.39. The average molecular weight is 228 g/mol. The van der Waals surface area contributed by atoms with Gasteiger partial charge in [0, 0.05) is 12.4 Å². The molecular formula is C7H8BrN4+. The summed E-state index contributed by atoms with van der Waals surface area (Å²) in [5.41, 5.74) is 4.72. The fourth-order valence-corrected chi connectivity index (χ4v) is 1.63. The summed E-state index contributed by atoms with van der Waals surface area (Å²) in [5.74, 6) is 0.711. The first kappa shape index (κ1) is 7.70. The van der Waals surface area contributed by atoms with Crippen molar-refractivity contribution < 1.29 is 5.73 Å². The van der Waals surface area contributed by atoms with Crippen molar-refractivity contribution in [3.63, 3.8) is 0 Å². The van der Waals surface area contributed by atoms with E-state index < -0.39 is 0 Å². The first-order valence-corrected chi connectivity index (χ1v) is 4.39. The van der Waals surface area contributed by atoms with Gasteiger partial charge < -0.3 is 5.73 Å². The molecule has 62 valence electrons. The van der Waals surface area contributed by atoms with Gasteiger partial charge in [-0.15, -0.1) is 0 Å². The van der Waals surface area contributed by atoms with Gasteiger partial charge in [-0.25, -0.2) is 9.97 Å². The Labute approximate surface area is 77.6 Å². The second-order valence-corrected chi connectivity index (χ2v) is 3.14. The molecule has 0 spiro atoms. The Hall–Kier alpha value is -0.940. The molecule has 0 radical (unpaired) electrons. The van der Waals surface area contributed by atoms with Crippen molar-refractivity contribution in [2.45, 2.75) is 6.54 Å². The maximum absolute atomic E-state index is 4.27. The number of hydrogen-bond donors (Lipinski definition) is 1. The van der Waals surface area contributed by atoms with Crippen LogP contribution in [-0.2, 0) is 6.54 Å². The molecule has 0 atom stereocenters. The molecule has 0 saturated heterocycles. The molecule has 0 aliphatic rings. The Morgan fingerprint density at radius 2 is 2.42 bits per heavy atom. The van der Waals surface area contributed by atoms with Gasteiger partial charge >= 0.3 is 0 Å². The van der Waals surface area contributed by atoms with E-state index in [1.165, 1.54) is 0 Å². The summed E-state index contributed by atoms with van der Waals surface area (Å²) in [6.45, 7) is 0.671. The van der Waals surface area contributed by atoms with E-state index in [-0.39, 0.29) is 0 Å². The van der Waals surface area contributed by atoms with E-state index >= 15 is 0 Å². The minimum absolute atomic E-state index is 0.671. The van der Waals surface area contributed by atoms with E-state index in [1.54, 1.807) is 6.20 Å². The third kappa shape index (κ3) is 1.02. The molecule has 0 saturated carbocycles. The maximum Gasteiger partial charge on any atom is 0.235 e. The lowest BCUT2D eigenvalue weighted by Gasteiger charge is -1.90. The predicted molar refractivity (Wildman–Crippen MR) is 47.3 cm³/mol. The van der Waals surface area contributed by atoms with Crippen molar-refractivity contribution >= 4 is 21.7 Å². The Morgan fingerprint density at radius 3 is 3.08 bits per heavy atom. The largest absolute Gasteiger partial charge is 0.352 e. The van der Waals surface area contributed by atoms with Gasteiger partial charge in [-0.1, -0.05) is 0 Å². The molecule has 0 aromatic carbocycles. The molecule has 0 aliphatic heterocycles. The molecule has 0 amide bonds. The van der Waals surface area contributed by atoms with Crippen molar-refractivity contribution in [1.82, 2.24) is 14.4 Å². The van der Waals surface area contributed by atoms with Crippen LogP contribution in [0.5, 0.6) is 0 Å². The molecule has 0 fully saturated rings. The number of quaternary nitrogens is 1. The first-order valence-electron chi connectivity index (χ1n) is 3.59. The van der Waals surface area contributed by atoms with Crippen molar-refractivity contribution in [2.24, 2.45) is 0 Å². The number of imidazole rings is 1. The number of halogens is 1. The molecule has 2 heterocycles. The van der Waals surface area contributed by atoms with Crippen LogP contribution in [0.15, 0.2) is 23.1 Å². The van der Waals surface area contributed by atoms with Gasteiger partial charge in [0.05, 0.1) is 0 Å². The smallest absolute Gasteiger partial charge is 0.235 e. The summed E-state index contributed by atoms with van der Waals surface area (Å²) < 4.78 is 2.83. The molecule has 0 aliphatic carbocycles. The normalized spacial score (nSPS) is 10.8. The molecule has 2 aromatic heterocycles. The molecular weight excluding hydrogens is 220 g/mol. The predicted octanol–water partition coefficient (Wildman–Crippen LogP) is 0.234. The van der Waals surface area contributed by atoms with Crippen molar-refractivity contribution in [1.29, 1.82) is 0 Å². The Morgan fingerprint density at radius 1 is 1.58 bits per heavy atom. The van der Waals surface area contributed by atoms with Crippen molar-refractivity contribution in [2.75, 3.05) is 0 Å². The minimum Gasteiger partial charge on any atom is -0.352 e. The highest BCUT2D eigenvalue weighted by Crippen LogP contribution is 2.15. The summed E-state index contributed by atoms with van der Waals surface area (Å²) in [4.78, 5) is 8.38. The van der Waals surface area contributed by atoms with E-state index in [0.29, 0.717) is 12.3 Å². The number of nitrogens with zero attached hydrogens (tertiary/aromatic N) is 3. The van der Waals surface area contributed by atoms with Crippen LogP contribution in [-0.4, -0.2) is 14.4 Å². The zero-order valence-corrected chi connectivity index (χ0v) is 7.95. The number of fused-ring (bicyclic) bond motifs is 1. The zero-order chi connectivity index (χ0) is 8.55. The van der Waals surface area contributed by atoms with E-state index in [1.807, 2.05) is 16.7 Å². The molecule has 0 unspecified atom stereocenters. The Kier molecular flexibility index (Phi) is 1.82. The lowest BCUT2D eigenvalue weighted by molar-refractivity contribution is -0.387. The van der Waals surface area contributed by atoms with Gasteiger partial charge in [0.25, 0.3) is 0 Å². The third-order valence-electron chi connectivity index (χ3n) is 1.65. The molecule has 3 N–H and O–H groups in total. The summed E-state index contributed by atoms with van der Waals surface area (Å²) in [5, 5.41) is 0. The van der Waals surface area contributed by atoms with E-state index in [4.69, 9.17) is 0 Å². The van der Waals surface area contributed by atoms with Gasteiger partial charge in [0.15, 0.2) is 0 Å². The van der Waals surface area contributed by atoms with Crippen LogP contribution in [0.25, 0.3) is 5.78 Å². The Bertz CT molecular complexity index is 409. The first-order chi connectivity index (χ1) is 5.83. The van der Waals surface area contributed by atoms with Crippen LogP contribution in [0.1, 0.15) is 5.69 Å². The molecule has 12 heavy (non-hydrogen) atoms. The third-order valence-corrected chi connectivity index (χ3v) is 2.49. The van der Waals surface area contributed by atoms with Gasteiger partial charge in [-0.2, -0.15) is 0 Å². The summed E-state index contributed by atoms with van der Waals surface area (Å²) in [6.07, 6.45) is 3.64. The SMILES string of the molecule is [NH3+]Cc1nc2ncccn2c1Br. The van der Waals surface area contributed by atoms with Gasteiger partial charge in [0.2, 0.25) is 5.78 Å². The van der Waals surface area contributed by atoms with Crippen LogP contribution >= 0.6 is 15.9 Å². The summed E-state index contributed by atoms with van der Waals surface area (Å²) in [7, 11) is 0. The monoisotopic (exact) mass is 227 g/mol. The van der Waals surface area contributed by atoms with Crippen LogP contribution in [0.2, 0.25) is 0 Å². The van der Waals surface area contributed by atoms with Gasteiger partial charge in [0.1, 0.15) is 16.8 Å². The highest BCUT2D eigenvalue weighted by Gasteiger charge is 2.08. The second kappa shape index (κ2) is 2.84. The molecule has 5 heteroatoms. The minimum atomic E-state index is 0.671. The van der Waals surface area contributed by atoms with Crippen molar-refractivity contribution in [3.05, 3.63) is 28.8 Å². The van der Waals surface area contributed by atoms with Crippen molar-refractivity contribution in [3.8, 4) is 0 Å². The molecule has 0 bridgehead atoms. The Balaban J connectivity index is 2.78. The quantitative estimate of drug-likeness (QED) is 0.759. The van der Waals surface area contributed by atoms with E-state index in [2.05, 4.69) is 31.6 Å². The maximum atomic E-state index is 4.27. The van der Waals surface area contributed by atoms with Gasteiger partial charge in [-0.3, -0.25) is 4.40 Å². The average Bonchev–Trinajstić information content (AvgIpc) is 2.44. The standard InChI is InChI=1S/C7H7BrN4/c8-6-5(4-9)11-7-10-2-1-3-12(6)7/h1-3H,4,9H2/p+1. The molecule has 2 aromatic rings. The molecule has 2 rings (SSSR count). The number of hydrogen-bond acceptors (Lipinski definition) is 2.